The molecule has 1 aliphatic rings. The van der Waals surface area contributed by atoms with Crippen molar-refractivity contribution in [3.05, 3.63) is 35.6 Å². The van der Waals surface area contributed by atoms with Crippen LogP contribution in [-0.4, -0.2) is 39.3 Å². The molecule has 0 saturated heterocycles. The number of hydrogen-bond donors (Lipinski definition) is 2. The maximum atomic E-state index is 14.0. The summed E-state index contributed by atoms with van der Waals surface area (Å²) in [7, 11) is 1.76. The van der Waals surface area contributed by atoms with E-state index in [9.17, 15) is 4.39 Å². The highest BCUT2D eigenvalue weighted by Gasteiger charge is 2.45. The summed E-state index contributed by atoms with van der Waals surface area (Å²) in [5, 5.41) is 6.63. The molecule has 142 valence electrons. The number of ether oxygens (including phenoxy) is 1. The summed E-state index contributed by atoms with van der Waals surface area (Å²) in [5.41, 5.74) is 0.735. The van der Waals surface area contributed by atoms with Crippen molar-refractivity contribution in [3.63, 3.8) is 0 Å². The topological polar surface area (TPSA) is 45.7 Å². The van der Waals surface area contributed by atoms with Gasteiger partial charge < -0.3 is 15.4 Å². The van der Waals surface area contributed by atoms with Gasteiger partial charge in [-0.15, -0.1) is 24.0 Å². The van der Waals surface area contributed by atoms with Crippen LogP contribution in [0.3, 0.4) is 0 Å². The third kappa shape index (κ3) is 7.09. The number of nitrogens with zero attached hydrogens (tertiary/aromatic N) is 1. The molecule has 0 aromatic heterocycles. The summed E-state index contributed by atoms with van der Waals surface area (Å²) in [6.45, 7) is 7.36. The highest BCUT2D eigenvalue weighted by atomic mass is 127. The molecule has 1 fully saturated rings. The van der Waals surface area contributed by atoms with Crippen LogP contribution in [0.2, 0.25) is 0 Å². The maximum absolute atomic E-state index is 14.0. The van der Waals surface area contributed by atoms with E-state index in [1.165, 1.54) is 0 Å². The highest BCUT2D eigenvalue weighted by molar-refractivity contribution is 14.0. The Morgan fingerprint density at radius 1 is 1.28 bits per heavy atom. The van der Waals surface area contributed by atoms with Crippen LogP contribution in [0.4, 0.5) is 4.39 Å². The van der Waals surface area contributed by atoms with Crippen LogP contribution in [0.15, 0.2) is 29.3 Å². The Morgan fingerprint density at radius 2 is 2.00 bits per heavy atom. The average molecular weight is 463 g/mol. The fourth-order valence-electron chi connectivity index (χ4n) is 2.76. The molecule has 0 radical (unpaired) electrons. The molecule has 2 N–H and O–H groups in total. The predicted octanol–water partition coefficient (Wildman–Crippen LogP) is 3.70. The van der Waals surface area contributed by atoms with Crippen molar-refractivity contribution in [3.8, 4) is 0 Å². The van der Waals surface area contributed by atoms with Crippen LogP contribution in [0.1, 0.15) is 38.7 Å². The third-order valence-corrected chi connectivity index (χ3v) is 4.33. The normalized spacial score (nSPS) is 15.6. The lowest BCUT2D eigenvalue weighted by molar-refractivity contribution is 0.108. The lowest BCUT2D eigenvalue weighted by atomic mass is 9.95. The standard InChI is InChI=1S/C19H30FN3O.HI/c1-15(2)13-24-12-6-11-22-18(21-3)23-14-19(9-10-19)16-7-4-5-8-17(16)20;/h4-5,7-8,15H,6,9-14H2,1-3H3,(H2,21,22,23);1H. The Hall–Kier alpha value is -0.890. The van der Waals surface area contributed by atoms with Crippen LogP contribution in [0, 0.1) is 11.7 Å². The van der Waals surface area contributed by atoms with Gasteiger partial charge in [0.2, 0.25) is 0 Å². The molecule has 1 aromatic carbocycles. The molecular weight excluding hydrogens is 432 g/mol. The zero-order valence-electron chi connectivity index (χ0n) is 15.5. The van der Waals surface area contributed by atoms with Crippen LogP contribution in [0.5, 0.6) is 0 Å². The Bertz CT molecular complexity index is 547. The van der Waals surface area contributed by atoms with E-state index in [0.29, 0.717) is 12.5 Å². The zero-order chi connectivity index (χ0) is 17.4. The van der Waals surface area contributed by atoms with E-state index >= 15 is 0 Å². The molecule has 0 amide bonds. The van der Waals surface area contributed by atoms with Crippen LogP contribution >= 0.6 is 24.0 Å². The zero-order valence-corrected chi connectivity index (χ0v) is 17.8. The smallest absolute Gasteiger partial charge is 0.191 e. The second-order valence-electron chi connectivity index (χ2n) is 6.94. The van der Waals surface area contributed by atoms with Gasteiger partial charge >= 0.3 is 0 Å². The van der Waals surface area contributed by atoms with Gasteiger partial charge in [-0.05, 0) is 36.8 Å². The summed E-state index contributed by atoms with van der Waals surface area (Å²) in [5.74, 6) is 1.23. The highest BCUT2D eigenvalue weighted by Crippen LogP contribution is 2.48. The van der Waals surface area contributed by atoms with Crippen molar-refractivity contribution in [1.29, 1.82) is 0 Å². The van der Waals surface area contributed by atoms with Crippen molar-refractivity contribution in [2.45, 2.75) is 38.5 Å². The molecule has 6 heteroatoms. The van der Waals surface area contributed by atoms with Crippen molar-refractivity contribution in [1.82, 2.24) is 10.6 Å². The van der Waals surface area contributed by atoms with Gasteiger partial charge in [0.25, 0.3) is 0 Å². The van der Waals surface area contributed by atoms with Gasteiger partial charge in [-0.25, -0.2) is 4.39 Å². The molecule has 25 heavy (non-hydrogen) atoms. The van der Waals surface area contributed by atoms with E-state index < -0.39 is 0 Å². The molecule has 0 bridgehead atoms. The molecule has 1 aromatic rings. The van der Waals surface area contributed by atoms with Gasteiger partial charge in [0.1, 0.15) is 5.82 Å². The lowest BCUT2D eigenvalue weighted by Gasteiger charge is -2.19. The molecular formula is C19H31FIN3O. The van der Waals surface area contributed by atoms with E-state index in [2.05, 4.69) is 29.5 Å². The van der Waals surface area contributed by atoms with Crippen molar-refractivity contribution in [2.24, 2.45) is 10.9 Å². The number of aliphatic imine (C=N–C) groups is 1. The Morgan fingerprint density at radius 3 is 2.60 bits per heavy atom. The first-order chi connectivity index (χ1) is 11.6. The summed E-state index contributed by atoms with van der Waals surface area (Å²) in [6.07, 6.45) is 2.97. The quantitative estimate of drug-likeness (QED) is 0.254. The monoisotopic (exact) mass is 463 g/mol. The summed E-state index contributed by atoms with van der Waals surface area (Å²) < 4.78 is 19.6. The molecule has 0 heterocycles. The summed E-state index contributed by atoms with van der Waals surface area (Å²) >= 11 is 0. The van der Waals surface area contributed by atoms with Gasteiger partial charge in [0.05, 0.1) is 0 Å². The van der Waals surface area contributed by atoms with E-state index in [1.807, 2.05) is 12.1 Å². The van der Waals surface area contributed by atoms with Crippen LogP contribution < -0.4 is 10.6 Å². The minimum absolute atomic E-state index is 0. The number of hydrogen-bond acceptors (Lipinski definition) is 2. The van der Waals surface area contributed by atoms with E-state index in [0.717, 1.165) is 50.5 Å². The number of nitrogens with one attached hydrogen (secondary N) is 2. The Labute approximate surface area is 168 Å². The van der Waals surface area contributed by atoms with Gasteiger partial charge in [0.15, 0.2) is 5.96 Å². The van der Waals surface area contributed by atoms with Crippen molar-refractivity contribution < 1.29 is 9.13 Å². The number of benzene rings is 1. The summed E-state index contributed by atoms with van der Waals surface area (Å²) in [4.78, 5) is 4.24. The minimum Gasteiger partial charge on any atom is -0.381 e. The number of rotatable bonds is 9. The minimum atomic E-state index is -0.109. The van der Waals surface area contributed by atoms with E-state index in [1.54, 1.807) is 19.2 Å². The first-order valence-corrected chi connectivity index (χ1v) is 8.85. The van der Waals surface area contributed by atoms with E-state index in [4.69, 9.17) is 4.74 Å². The SMILES string of the molecule is CN=C(NCCCOCC(C)C)NCC1(c2ccccc2F)CC1.I. The second kappa shape index (κ2) is 11.0. The van der Waals surface area contributed by atoms with Gasteiger partial charge in [-0.2, -0.15) is 0 Å². The Balaban J connectivity index is 0.00000312. The second-order valence-corrected chi connectivity index (χ2v) is 6.94. The fourth-order valence-corrected chi connectivity index (χ4v) is 2.76. The number of guanidine groups is 1. The van der Waals surface area contributed by atoms with Gasteiger partial charge in [-0.3, -0.25) is 4.99 Å². The lowest BCUT2D eigenvalue weighted by Crippen LogP contribution is -2.41. The molecule has 0 atom stereocenters. The first kappa shape index (κ1) is 22.2. The third-order valence-electron chi connectivity index (χ3n) is 4.33. The maximum Gasteiger partial charge on any atom is 0.191 e. The average Bonchev–Trinajstić information content (AvgIpc) is 3.34. The molecule has 0 aliphatic heterocycles. The molecule has 0 unspecified atom stereocenters. The van der Waals surface area contributed by atoms with Crippen LogP contribution in [0.25, 0.3) is 0 Å². The van der Waals surface area contributed by atoms with Crippen LogP contribution in [-0.2, 0) is 10.2 Å². The molecule has 1 aliphatic carbocycles. The fraction of sp³-hybridized carbons (Fsp3) is 0.632. The number of halogens is 2. The molecule has 1 saturated carbocycles. The Kier molecular flexibility index (Phi) is 9.71. The van der Waals surface area contributed by atoms with E-state index in [-0.39, 0.29) is 35.2 Å². The predicted molar refractivity (Wildman–Crippen MR) is 112 cm³/mol. The van der Waals surface area contributed by atoms with Gasteiger partial charge in [0, 0.05) is 38.8 Å². The van der Waals surface area contributed by atoms with Gasteiger partial charge in [-0.1, -0.05) is 32.0 Å². The molecule has 4 nitrogen and oxygen atoms in total. The molecule has 2 rings (SSSR count). The molecule has 0 spiro atoms. The first-order valence-electron chi connectivity index (χ1n) is 8.85. The summed E-state index contributed by atoms with van der Waals surface area (Å²) in [6, 6.07) is 7.08. The van der Waals surface area contributed by atoms with Crippen molar-refractivity contribution >= 4 is 29.9 Å². The largest absolute Gasteiger partial charge is 0.381 e. The van der Waals surface area contributed by atoms with Crippen molar-refractivity contribution in [2.75, 3.05) is 33.4 Å².